The number of nitrogens with two attached hydrogens (primary N) is 2. The van der Waals surface area contributed by atoms with Crippen molar-refractivity contribution >= 4 is 11.9 Å². The van der Waals surface area contributed by atoms with Gasteiger partial charge < -0.3 is 30.4 Å². The summed E-state index contributed by atoms with van der Waals surface area (Å²) in [6.45, 7) is 1.66. The first-order chi connectivity index (χ1) is 19.2. The van der Waals surface area contributed by atoms with Crippen LogP contribution in [0, 0.1) is 28.9 Å². The summed E-state index contributed by atoms with van der Waals surface area (Å²) in [7, 11) is 0. The van der Waals surface area contributed by atoms with Crippen LogP contribution in [0.3, 0.4) is 0 Å². The highest BCUT2D eigenvalue weighted by molar-refractivity contribution is 5.76. The van der Waals surface area contributed by atoms with Crippen LogP contribution in [0.2, 0.25) is 0 Å². The van der Waals surface area contributed by atoms with Crippen molar-refractivity contribution in [2.45, 2.75) is 32.5 Å². The Labute approximate surface area is 227 Å². The number of halogens is 3. The van der Waals surface area contributed by atoms with E-state index in [1.807, 2.05) is 24.3 Å². The number of carbonyl (C=O) groups is 1. The SMILES string of the molecule is CCOC(=O)C(CCCN=C(N)N)Oc1c(F)c(F)nc(Oc2cc(C#N)ccc2OCc2ccccc2)c1F. The second-order valence-electron chi connectivity index (χ2n) is 8.12. The third-order valence-electron chi connectivity index (χ3n) is 5.21. The fourth-order valence-electron chi connectivity index (χ4n) is 3.35. The Balaban J connectivity index is 1.91. The van der Waals surface area contributed by atoms with E-state index in [0.29, 0.717) is 0 Å². The molecule has 1 aromatic heterocycles. The van der Waals surface area contributed by atoms with Gasteiger partial charge in [-0.15, -0.1) is 0 Å². The Kier molecular flexibility index (Phi) is 10.5. The zero-order valence-corrected chi connectivity index (χ0v) is 21.4. The van der Waals surface area contributed by atoms with E-state index in [4.69, 9.17) is 30.4 Å². The van der Waals surface area contributed by atoms with Gasteiger partial charge in [0.05, 0.1) is 18.2 Å². The van der Waals surface area contributed by atoms with Gasteiger partial charge in [-0.1, -0.05) is 30.3 Å². The third kappa shape index (κ3) is 8.00. The van der Waals surface area contributed by atoms with Crippen molar-refractivity contribution in [1.82, 2.24) is 4.98 Å². The number of hydrogen-bond acceptors (Lipinski definition) is 8. The molecule has 0 aliphatic carbocycles. The fourth-order valence-corrected chi connectivity index (χ4v) is 3.35. The molecule has 1 atom stereocenters. The van der Waals surface area contributed by atoms with Crippen molar-refractivity contribution in [2.24, 2.45) is 16.5 Å². The predicted octanol–water partition coefficient (Wildman–Crippen LogP) is 4.11. The first kappa shape index (κ1) is 29.6. The summed E-state index contributed by atoms with van der Waals surface area (Å²) >= 11 is 0. The maximum atomic E-state index is 15.4. The zero-order valence-electron chi connectivity index (χ0n) is 21.4. The van der Waals surface area contributed by atoms with Crippen molar-refractivity contribution in [2.75, 3.05) is 13.2 Å². The number of pyridine rings is 1. The summed E-state index contributed by atoms with van der Waals surface area (Å²) in [5, 5.41) is 9.29. The molecule has 40 heavy (non-hydrogen) atoms. The lowest BCUT2D eigenvalue weighted by atomic mass is 10.2. The molecule has 0 saturated heterocycles. The number of aliphatic imine (C=N–C) groups is 1. The Morgan fingerprint density at radius 2 is 1.85 bits per heavy atom. The highest BCUT2D eigenvalue weighted by Crippen LogP contribution is 2.37. The molecule has 2 aromatic carbocycles. The summed E-state index contributed by atoms with van der Waals surface area (Å²) in [5.41, 5.74) is 11.5. The number of aromatic nitrogens is 1. The minimum Gasteiger partial charge on any atom is -0.485 e. The molecule has 210 valence electrons. The molecule has 4 N–H and O–H groups in total. The van der Waals surface area contributed by atoms with E-state index in [-0.39, 0.29) is 55.6 Å². The highest BCUT2D eigenvalue weighted by Gasteiger charge is 2.30. The Bertz CT molecular complexity index is 1400. The van der Waals surface area contributed by atoms with E-state index in [0.717, 1.165) is 5.56 Å². The summed E-state index contributed by atoms with van der Waals surface area (Å²) < 4.78 is 65.9. The molecule has 0 saturated carbocycles. The number of ether oxygens (including phenoxy) is 4. The van der Waals surface area contributed by atoms with Crippen LogP contribution in [0.25, 0.3) is 0 Å². The molecule has 3 aromatic rings. The third-order valence-corrected chi connectivity index (χ3v) is 5.21. The largest absolute Gasteiger partial charge is 0.485 e. The molecule has 0 aliphatic heterocycles. The maximum Gasteiger partial charge on any atom is 0.347 e. The number of nitrogens with zero attached hydrogens (tertiary/aromatic N) is 3. The Morgan fingerprint density at radius 3 is 2.52 bits per heavy atom. The van der Waals surface area contributed by atoms with Crippen LogP contribution in [-0.4, -0.2) is 36.2 Å². The van der Waals surface area contributed by atoms with E-state index in [2.05, 4.69) is 9.98 Å². The van der Waals surface area contributed by atoms with E-state index >= 15 is 4.39 Å². The summed E-state index contributed by atoms with van der Waals surface area (Å²) in [5.74, 6) is -8.58. The van der Waals surface area contributed by atoms with Gasteiger partial charge in [0.1, 0.15) is 6.61 Å². The second-order valence-corrected chi connectivity index (χ2v) is 8.12. The molecule has 0 amide bonds. The monoisotopic (exact) mass is 557 g/mol. The number of benzene rings is 2. The predicted molar refractivity (Wildman–Crippen MR) is 137 cm³/mol. The maximum absolute atomic E-state index is 15.4. The van der Waals surface area contributed by atoms with Crippen molar-refractivity contribution < 1.29 is 36.9 Å². The minimum absolute atomic E-state index is 0.0440. The molecular formula is C27H26F3N5O5. The number of hydrogen-bond donors (Lipinski definition) is 2. The van der Waals surface area contributed by atoms with E-state index in [1.54, 1.807) is 12.1 Å². The smallest absolute Gasteiger partial charge is 0.347 e. The number of carbonyl (C=O) groups excluding carboxylic acids is 1. The molecule has 0 bridgehead atoms. The summed E-state index contributed by atoms with van der Waals surface area (Å²) in [6, 6.07) is 15.0. The van der Waals surface area contributed by atoms with Gasteiger partial charge in [-0.25, -0.2) is 4.79 Å². The van der Waals surface area contributed by atoms with Crippen molar-refractivity contribution in [1.29, 1.82) is 5.26 Å². The van der Waals surface area contributed by atoms with Crippen LogP contribution >= 0.6 is 0 Å². The number of nitriles is 1. The van der Waals surface area contributed by atoms with Gasteiger partial charge in [0.2, 0.25) is 17.4 Å². The molecule has 0 radical (unpaired) electrons. The van der Waals surface area contributed by atoms with Crippen LogP contribution in [0.4, 0.5) is 13.2 Å². The standard InChI is InChI=1S/C27H26F3N5O5/c1-2-37-26(36)19(9-6-12-34-27(32)33)39-23-21(28)24(30)35-25(22(23)29)40-20-13-17(14-31)10-11-18(20)38-15-16-7-4-3-5-8-16/h3-5,7-8,10-11,13,19H,2,6,9,12,15H2,1H3,(H4,32,33,34). The summed E-state index contributed by atoms with van der Waals surface area (Å²) in [4.78, 5) is 19.4. The average Bonchev–Trinajstić information content (AvgIpc) is 2.94. The average molecular weight is 558 g/mol. The summed E-state index contributed by atoms with van der Waals surface area (Å²) in [6.07, 6.45) is -1.47. The van der Waals surface area contributed by atoms with E-state index < -0.39 is 41.3 Å². The molecular weight excluding hydrogens is 531 g/mol. The van der Waals surface area contributed by atoms with Crippen LogP contribution in [-0.2, 0) is 16.1 Å². The highest BCUT2D eigenvalue weighted by atomic mass is 19.2. The molecule has 0 spiro atoms. The van der Waals surface area contributed by atoms with Crippen LogP contribution in [0.1, 0.15) is 30.9 Å². The number of guanidine groups is 1. The molecule has 10 nitrogen and oxygen atoms in total. The van der Waals surface area contributed by atoms with Gasteiger partial charge in [0.25, 0.3) is 11.8 Å². The van der Waals surface area contributed by atoms with Gasteiger partial charge in [0.15, 0.2) is 23.6 Å². The number of rotatable bonds is 13. The van der Waals surface area contributed by atoms with Gasteiger partial charge in [-0.05, 0) is 37.5 Å². The molecule has 13 heteroatoms. The van der Waals surface area contributed by atoms with Gasteiger partial charge >= 0.3 is 5.97 Å². The van der Waals surface area contributed by atoms with Gasteiger partial charge in [-0.2, -0.15) is 23.4 Å². The van der Waals surface area contributed by atoms with Crippen LogP contribution in [0.5, 0.6) is 23.1 Å². The Morgan fingerprint density at radius 1 is 1.10 bits per heavy atom. The van der Waals surface area contributed by atoms with Crippen LogP contribution < -0.4 is 25.7 Å². The lowest BCUT2D eigenvalue weighted by Crippen LogP contribution is -2.31. The molecule has 3 rings (SSSR count). The van der Waals surface area contributed by atoms with E-state index in [9.17, 15) is 18.8 Å². The van der Waals surface area contributed by atoms with Gasteiger partial charge in [-0.3, -0.25) is 4.99 Å². The Hall–Kier alpha value is -4.99. The normalized spacial score (nSPS) is 11.2. The molecule has 0 fully saturated rings. The molecule has 0 aliphatic rings. The van der Waals surface area contributed by atoms with Crippen molar-refractivity contribution in [3.63, 3.8) is 0 Å². The van der Waals surface area contributed by atoms with Crippen molar-refractivity contribution in [3.8, 4) is 29.2 Å². The quantitative estimate of drug-likeness (QED) is 0.104. The zero-order chi connectivity index (χ0) is 29.1. The first-order valence-corrected chi connectivity index (χ1v) is 12.0. The second kappa shape index (κ2) is 14.2. The topological polar surface area (TPSA) is 155 Å². The minimum atomic E-state index is -1.78. The first-order valence-electron chi connectivity index (χ1n) is 12.0. The lowest BCUT2D eigenvalue weighted by Gasteiger charge is -2.19. The van der Waals surface area contributed by atoms with Crippen LogP contribution in [0.15, 0.2) is 53.5 Å². The fraction of sp³-hybridized carbons (Fsp3) is 0.259. The van der Waals surface area contributed by atoms with Crippen molar-refractivity contribution in [3.05, 3.63) is 77.2 Å². The lowest BCUT2D eigenvalue weighted by molar-refractivity contribution is -0.152. The van der Waals surface area contributed by atoms with E-state index in [1.165, 1.54) is 25.1 Å². The molecule has 1 unspecified atom stereocenters. The molecule has 1 heterocycles. The number of esters is 1. The van der Waals surface area contributed by atoms with Gasteiger partial charge in [0, 0.05) is 12.6 Å².